The van der Waals surface area contributed by atoms with Gasteiger partial charge in [-0.25, -0.2) is 13.2 Å². The van der Waals surface area contributed by atoms with E-state index in [4.69, 9.17) is 5.11 Å². The molecule has 0 spiro atoms. The summed E-state index contributed by atoms with van der Waals surface area (Å²) in [7, 11) is -3.95. The van der Waals surface area contributed by atoms with Gasteiger partial charge in [-0.15, -0.1) is 0 Å². The van der Waals surface area contributed by atoms with Crippen LogP contribution >= 0.6 is 0 Å². The number of carboxylic acid groups (broad SMARTS) is 1. The average Bonchev–Trinajstić information content (AvgIpc) is 2.81. The summed E-state index contributed by atoms with van der Waals surface area (Å²) < 4.78 is 26.3. The van der Waals surface area contributed by atoms with E-state index in [9.17, 15) is 18.0 Å². The molecule has 1 aliphatic heterocycles. The maximum absolute atomic E-state index is 12.6. The SMILES string of the molecule is CC(=O)N1CCN(S(=O)(=O)c2c(C(=O)O)n[nH]c2C)CC1. The number of aromatic nitrogens is 2. The van der Waals surface area contributed by atoms with Crippen molar-refractivity contribution in [3.05, 3.63) is 11.4 Å². The quantitative estimate of drug-likeness (QED) is 0.757. The molecule has 0 radical (unpaired) electrons. The lowest BCUT2D eigenvalue weighted by Gasteiger charge is -2.33. The zero-order valence-electron chi connectivity index (χ0n) is 11.7. The minimum absolute atomic E-state index is 0.113. The molecule has 1 fully saturated rings. The zero-order valence-corrected chi connectivity index (χ0v) is 12.5. The Balaban J connectivity index is 2.30. The Kier molecular flexibility index (Phi) is 4.01. The molecule has 2 N–H and O–H groups in total. The maximum atomic E-state index is 12.6. The van der Waals surface area contributed by atoms with Crippen LogP contribution in [0.25, 0.3) is 0 Å². The highest BCUT2D eigenvalue weighted by molar-refractivity contribution is 7.89. The number of hydrogen-bond acceptors (Lipinski definition) is 5. The summed E-state index contributed by atoms with van der Waals surface area (Å²) in [6.45, 7) is 3.71. The van der Waals surface area contributed by atoms with E-state index in [1.54, 1.807) is 4.90 Å². The van der Waals surface area contributed by atoms with Crippen LogP contribution in [-0.2, 0) is 14.8 Å². The van der Waals surface area contributed by atoms with Crippen molar-refractivity contribution in [2.45, 2.75) is 18.7 Å². The summed E-state index contributed by atoms with van der Waals surface area (Å²) in [5.41, 5.74) is -0.331. The van der Waals surface area contributed by atoms with Crippen LogP contribution < -0.4 is 0 Å². The second-order valence-corrected chi connectivity index (χ2v) is 6.62. The van der Waals surface area contributed by atoms with Gasteiger partial charge in [0.15, 0.2) is 5.69 Å². The lowest BCUT2D eigenvalue weighted by molar-refractivity contribution is -0.129. The maximum Gasteiger partial charge on any atom is 0.357 e. The van der Waals surface area contributed by atoms with Crippen molar-refractivity contribution in [2.75, 3.05) is 26.2 Å². The Bertz CT molecular complexity index is 673. The van der Waals surface area contributed by atoms with E-state index < -0.39 is 21.7 Å². The van der Waals surface area contributed by atoms with Crippen LogP contribution in [0.2, 0.25) is 0 Å². The molecule has 0 unspecified atom stereocenters. The molecule has 116 valence electrons. The average molecular weight is 316 g/mol. The zero-order chi connectivity index (χ0) is 15.8. The van der Waals surface area contributed by atoms with Gasteiger partial charge < -0.3 is 10.0 Å². The fourth-order valence-corrected chi connectivity index (χ4v) is 3.96. The van der Waals surface area contributed by atoms with Gasteiger partial charge in [0.25, 0.3) is 0 Å². The van der Waals surface area contributed by atoms with E-state index >= 15 is 0 Å². The molecular weight excluding hydrogens is 300 g/mol. The molecule has 9 nitrogen and oxygen atoms in total. The standard InChI is InChI=1S/C11H16N4O5S/c1-7-10(9(11(17)18)13-12-7)21(19,20)15-5-3-14(4-6-15)8(2)16/h3-6H2,1-2H3,(H,12,13)(H,17,18). The molecule has 0 bridgehead atoms. The van der Waals surface area contributed by atoms with E-state index in [0.717, 1.165) is 0 Å². The monoisotopic (exact) mass is 316 g/mol. The number of hydrogen-bond donors (Lipinski definition) is 2. The molecule has 10 heteroatoms. The van der Waals surface area contributed by atoms with Gasteiger partial charge in [0, 0.05) is 33.1 Å². The molecule has 21 heavy (non-hydrogen) atoms. The summed E-state index contributed by atoms with van der Waals surface area (Å²) in [4.78, 5) is 23.6. The number of H-pyrrole nitrogens is 1. The molecular formula is C11H16N4O5S. The molecule has 0 saturated carbocycles. The van der Waals surface area contributed by atoms with Crippen LogP contribution in [0.3, 0.4) is 0 Å². The van der Waals surface area contributed by atoms with Crippen molar-refractivity contribution in [1.82, 2.24) is 19.4 Å². The molecule has 0 atom stereocenters. The number of carboxylic acids is 1. The fraction of sp³-hybridized carbons (Fsp3) is 0.545. The summed E-state index contributed by atoms with van der Waals surface area (Å²) in [5, 5.41) is 15.0. The van der Waals surface area contributed by atoms with E-state index in [2.05, 4.69) is 10.2 Å². The van der Waals surface area contributed by atoms with Gasteiger partial charge in [-0.05, 0) is 6.92 Å². The Morgan fingerprint density at radius 2 is 1.81 bits per heavy atom. The molecule has 1 saturated heterocycles. The van der Waals surface area contributed by atoms with Crippen LogP contribution in [0.4, 0.5) is 0 Å². The number of carbonyl (C=O) groups excluding carboxylic acids is 1. The molecule has 1 amide bonds. The molecule has 1 aromatic rings. The number of piperazine rings is 1. The van der Waals surface area contributed by atoms with Gasteiger partial charge in [-0.3, -0.25) is 9.89 Å². The van der Waals surface area contributed by atoms with E-state index in [1.165, 1.54) is 18.2 Å². The van der Waals surface area contributed by atoms with Crippen molar-refractivity contribution in [1.29, 1.82) is 0 Å². The smallest absolute Gasteiger partial charge is 0.357 e. The Labute approximate surface area is 121 Å². The number of carbonyl (C=O) groups is 2. The predicted molar refractivity (Wildman–Crippen MR) is 71.3 cm³/mol. The summed E-state index contributed by atoms with van der Waals surface area (Å²) >= 11 is 0. The van der Waals surface area contributed by atoms with Gasteiger partial charge in [-0.1, -0.05) is 0 Å². The number of aromatic amines is 1. The molecule has 1 aliphatic rings. The summed E-state index contributed by atoms with van der Waals surface area (Å²) in [5.74, 6) is -1.52. The number of nitrogens with one attached hydrogen (secondary N) is 1. The molecule has 2 rings (SSSR count). The van der Waals surface area contributed by atoms with Crippen molar-refractivity contribution in [3.63, 3.8) is 0 Å². The predicted octanol–water partition coefficient (Wildman–Crippen LogP) is -0.731. The minimum atomic E-state index is -3.95. The first-order chi connectivity index (χ1) is 9.75. The number of aromatic carboxylic acids is 1. The van der Waals surface area contributed by atoms with Gasteiger partial charge in [0.1, 0.15) is 4.90 Å². The number of sulfonamides is 1. The molecule has 0 aromatic carbocycles. The highest BCUT2D eigenvalue weighted by Gasteiger charge is 2.35. The van der Waals surface area contributed by atoms with Crippen molar-refractivity contribution >= 4 is 21.9 Å². The number of amides is 1. The first-order valence-electron chi connectivity index (χ1n) is 6.29. The third-order valence-electron chi connectivity index (χ3n) is 3.38. The summed E-state index contributed by atoms with van der Waals surface area (Å²) in [6.07, 6.45) is 0. The Morgan fingerprint density at radius 1 is 1.24 bits per heavy atom. The summed E-state index contributed by atoms with van der Waals surface area (Å²) in [6, 6.07) is 0. The van der Waals surface area contributed by atoms with Crippen molar-refractivity contribution in [3.8, 4) is 0 Å². The first-order valence-corrected chi connectivity index (χ1v) is 7.73. The largest absolute Gasteiger partial charge is 0.476 e. The fourth-order valence-electron chi connectivity index (χ4n) is 2.25. The normalized spacial score (nSPS) is 17.0. The minimum Gasteiger partial charge on any atom is -0.476 e. The van der Waals surface area contributed by atoms with E-state index in [1.807, 2.05) is 0 Å². The van der Waals surface area contributed by atoms with Crippen LogP contribution in [-0.4, -0.2) is 71.0 Å². The van der Waals surface area contributed by atoms with Crippen molar-refractivity contribution < 1.29 is 23.1 Å². The Morgan fingerprint density at radius 3 is 2.29 bits per heavy atom. The lowest BCUT2D eigenvalue weighted by Crippen LogP contribution is -2.50. The second-order valence-electron chi connectivity index (χ2n) is 4.74. The third-order valence-corrected chi connectivity index (χ3v) is 5.44. The van der Waals surface area contributed by atoms with Crippen LogP contribution in [0.15, 0.2) is 4.90 Å². The molecule has 0 aliphatic carbocycles. The number of aryl methyl sites for hydroxylation is 1. The van der Waals surface area contributed by atoms with Crippen LogP contribution in [0.5, 0.6) is 0 Å². The Hall–Kier alpha value is -1.94. The molecule has 1 aromatic heterocycles. The van der Waals surface area contributed by atoms with Crippen LogP contribution in [0.1, 0.15) is 23.1 Å². The first kappa shape index (κ1) is 15.4. The van der Waals surface area contributed by atoms with E-state index in [0.29, 0.717) is 0 Å². The third kappa shape index (κ3) is 2.76. The molecule has 2 heterocycles. The lowest BCUT2D eigenvalue weighted by atomic mass is 10.3. The second kappa shape index (κ2) is 5.45. The van der Waals surface area contributed by atoms with Gasteiger partial charge in [0.05, 0.1) is 5.69 Å². The number of rotatable bonds is 3. The van der Waals surface area contributed by atoms with Gasteiger partial charge in [-0.2, -0.15) is 9.40 Å². The van der Waals surface area contributed by atoms with E-state index in [-0.39, 0.29) is 42.7 Å². The highest BCUT2D eigenvalue weighted by atomic mass is 32.2. The topological polar surface area (TPSA) is 124 Å². The van der Waals surface area contributed by atoms with Gasteiger partial charge in [0.2, 0.25) is 15.9 Å². The highest BCUT2D eigenvalue weighted by Crippen LogP contribution is 2.23. The van der Waals surface area contributed by atoms with Crippen molar-refractivity contribution in [2.24, 2.45) is 0 Å². The van der Waals surface area contributed by atoms with Crippen LogP contribution in [0, 0.1) is 6.92 Å². The number of nitrogens with zero attached hydrogens (tertiary/aromatic N) is 3. The van der Waals surface area contributed by atoms with Gasteiger partial charge >= 0.3 is 5.97 Å².